The van der Waals surface area contributed by atoms with Gasteiger partial charge >= 0.3 is 0 Å². The lowest BCUT2D eigenvalue weighted by atomic mass is 10.2. The number of nitrogens with zero attached hydrogens (tertiary/aromatic N) is 2. The first-order valence-corrected chi connectivity index (χ1v) is 8.12. The summed E-state index contributed by atoms with van der Waals surface area (Å²) in [6, 6.07) is 4.77. The van der Waals surface area contributed by atoms with Gasteiger partial charge in [-0.2, -0.15) is 5.10 Å². The van der Waals surface area contributed by atoms with Gasteiger partial charge in [0.25, 0.3) is 0 Å². The van der Waals surface area contributed by atoms with Gasteiger partial charge in [-0.3, -0.25) is 4.68 Å². The molecule has 2 rings (SSSR count). The summed E-state index contributed by atoms with van der Waals surface area (Å²) in [6.45, 7) is 6.31. The molecule has 0 radical (unpaired) electrons. The van der Waals surface area contributed by atoms with Crippen LogP contribution < -0.4 is 5.32 Å². The van der Waals surface area contributed by atoms with E-state index < -0.39 is 0 Å². The van der Waals surface area contributed by atoms with Crippen molar-refractivity contribution < 1.29 is 4.39 Å². The molecule has 1 heterocycles. The fraction of sp³-hybridized carbons (Fsp3) is 0.400. The number of hydrogen-bond donors (Lipinski definition) is 1. The van der Waals surface area contributed by atoms with Crippen LogP contribution in [0.25, 0.3) is 0 Å². The van der Waals surface area contributed by atoms with Crippen molar-refractivity contribution in [2.24, 2.45) is 0 Å². The molecule has 21 heavy (non-hydrogen) atoms. The summed E-state index contributed by atoms with van der Waals surface area (Å²) in [5, 5.41) is 8.06. The van der Waals surface area contributed by atoms with Gasteiger partial charge in [0, 0.05) is 19.6 Å². The molecule has 114 valence electrons. The minimum Gasteiger partial charge on any atom is -0.307 e. The van der Waals surface area contributed by atoms with Gasteiger partial charge in [-0.1, -0.05) is 24.6 Å². The lowest BCUT2D eigenvalue weighted by molar-refractivity contribution is 0.576. The van der Waals surface area contributed by atoms with Gasteiger partial charge in [0.15, 0.2) is 0 Å². The first-order chi connectivity index (χ1) is 10.1. The summed E-state index contributed by atoms with van der Waals surface area (Å²) in [4.78, 5) is 0. The largest absolute Gasteiger partial charge is 0.307 e. The molecule has 0 fully saturated rings. The summed E-state index contributed by atoms with van der Waals surface area (Å²) in [5.41, 5.74) is 3.15. The van der Waals surface area contributed by atoms with Crippen molar-refractivity contribution in [3.8, 4) is 0 Å². The predicted octanol–water partition coefficient (Wildman–Crippen LogP) is 4.31. The molecule has 0 saturated carbocycles. The number of aromatic nitrogens is 2. The SMILES string of the molecule is CCc1nn(CC)c(CNCc2ccc(F)c(Cl)c2)c1Br. The number of benzene rings is 1. The van der Waals surface area contributed by atoms with Crippen molar-refractivity contribution in [3.05, 3.63) is 50.5 Å². The summed E-state index contributed by atoms with van der Waals surface area (Å²) in [6.07, 6.45) is 0.897. The molecule has 0 unspecified atom stereocenters. The van der Waals surface area contributed by atoms with Crippen LogP contribution in [0.2, 0.25) is 5.02 Å². The molecule has 1 N–H and O–H groups in total. The molecule has 6 heteroatoms. The average molecular weight is 375 g/mol. The maximum Gasteiger partial charge on any atom is 0.141 e. The summed E-state index contributed by atoms with van der Waals surface area (Å²) in [7, 11) is 0. The molecule has 1 aromatic carbocycles. The Balaban J connectivity index is 2.03. The van der Waals surface area contributed by atoms with Gasteiger partial charge in [-0.15, -0.1) is 0 Å². The number of rotatable bonds is 6. The number of nitrogens with one attached hydrogen (secondary N) is 1. The Bertz CT molecular complexity index is 628. The highest BCUT2D eigenvalue weighted by molar-refractivity contribution is 9.10. The first kappa shape index (κ1) is 16.5. The zero-order valence-electron chi connectivity index (χ0n) is 12.1. The van der Waals surface area contributed by atoms with E-state index in [0.29, 0.717) is 13.1 Å². The molecule has 0 aliphatic rings. The van der Waals surface area contributed by atoms with E-state index in [1.165, 1.54) is 6.07 Å². The Morgan fingerprint density at radius 1 is 1.33 bits per heavy atom. The van der Waals surface area contributed by atoms with Crippen LogP contribution in [0.1, 0.15) is 30.8 Å². The summed E-state index contributed by atoms with van der Waals surface area (Å²) < 4.78 is 16.2. The van der Waals surface area contributed by atoms with Gasteiger partial charge in [-0.05, 0) is 47.0 Å². The van der Waals surface area contributed by atoms with Crippen LogP contribution in [0.4, 0.5) is 4.39 Å². The maximum atomic E-state index is 13.1. The molecule has 3 nitrogen and oxygen atoms in total. The molecule has 0 amide bonds. The van der Waals surface area contributed by atoms with Crippen molar-refractivity contribution in [1.82, 2.24) is 15.1 Å². The molecule has 0 aliphatic carbocycles. The topological polar surface area (TPSA) is 29.9 Å². The summed E-state index contributed by atoms with van der Waals surface area (Å²) >= 11 is 9.40. The molecular weight excluding hydrogens is 357 g/mol. The quantitative estimate of drug-likeness (QED) is 0.816. The second-order valence-corrected chi connectivity index (χ2v) is 5.93. The monoisotopic (exact) mass is 373 g/mol. The number of hydrogen-bond acceptors (Lipinski definition) is 2. The zero-order valence-corrected chi connectivity index (χ0v) is 14.4. The highest BCUT2D eigenvalue weighted by Gasteiger charge is 2.13. The summed E-state index contributed by atoms with van der Waals surface area (Å²) in [5.74, 6) is -0.389. The van der Waals surface area contributed by atoms with Crippen LogP contribution in [-0.2, 0) is 26.1 Å². The Kier molecular flexibility index (Phi) is 5.79. The van der Waals surface area contributed by atoms with Crippen molar-refractivity contribution >= 4 is 27.5 Å². The molecule has 0 bridgehead atoms. The molecular formula is C15H18BrClFN3. The highest BCUT2D eigenvalue weighted by Crippen LogP contribution is 2.22. The van der Waals surface area contributed by atoms with E-state index >= 15 is 0 Å². The fourth-order valence-electron chi connectivity index (χ4n) is 2.16. The van der Waals surface area contributed by atoms with Crippen LogP contribution >= 0.6 is 27.5 Å². The van der Waals surface area contributed by atoms with Crippen LogP contribution in [0.15, 0.2) is 22.7 Å². The second kappa shape index (κ2) is 7.38. The fourth-order valence-corrected chi connectivity index (χ4v) is 3.07. The van der Waals surface area contributed by atoms with Crippen molar-refractivity contribution in [2.45, 2.75) is 39.9 Å². The third-order valence-corrected chi connectivity index (χ3v) is 4.50. The van der Waals surface area contributed by atoms with E-state index in [4.69, 9.17) is 11.6 Å². The van der Waals surface area contributed by atoms with Crippen LogP contribution in [0.3, 0.4) is 0 Å². The van der Waals surface area contributed by atoms with Gasteiger partial charge in [-0.25, -0.2) is 4.39 Å². The van der Waals surface area contributed by atoms with Gasteiger partial charge in [0.05, 0.1) is 20.9 Å². The third kappa shape index (κ3) is 3.84. The minimum atomic E-state index is -0.389. The average Bonchev–Trinajstić information content (AvgIpc) is 2.79. The van der Waals surface area contributed by atoms with Crippen molar-refractivity contribution in [1.29, 1.82) is 0 Å². The van der Waals surface area contributed by atoms with Gasteiger partial charge in [0.2, 0.25) is 0 Å². The van der Waals surface area contributed by atoms with E-state index in [1.807, 2.05) is 4.68 Å². The molecule has 0 spiro atoms. The van der Waals surface area contributed by atoms with E-state index in [2.05, 4.69) is 40.2 Å². The van der Waals surface area contributed by atoms with Gasteiger partial charge in [0.1, 0.15) is 5.82 Å². The van der Waals surface area contributed by atoms with E-state index in [9.17, 15) is 4.39 Å². The van der Waals surface area contributed by atoms with E-state index in [-0.39, 0.29) is 10.8 Å². The smallest absolute Gasteiger partial charge is 0.141 e. The predicted molar refractivity (Wildman–Crippen MR) is 86.9 cm³/mol. The maximum absolute atomic E-state index is 13.1. The minimum absolute atomic E-state index is 0.155. The van der Waals surface area contributed by atoms with Gasteiger partial charge < -0.3 is 5.32 Å². The van der Waals surface area contributed by atoms with Crippen molar-refractivity contribution in [3.63, 3.8) is 0 Å². The normalized spacial score (nSPS) is 11.1. The molecule has 0 saturated heterocycles. The molecule has 0 atom stereocenters. The van der Waals surface area contributed by atoms with E-state index in [0.717, 1.165) is 34.4 Å². The lowest BCUT2D eigenvalue weighted by Gasteiger charge is -2.08. The number of halogens is 3. The standard InChI is InChI=1S/C15H18BrClFN3/c1-3-13-15(16)14(21(4-2)20-13)9-19-8-10-5-6-12(18)11(17)7-10/h5-7,19H,3-4,8-9H2,1-2H3. The lowest BCUT2D eigenvalue weighted by Crippen LogP contribution is -2.16. The zero-order chi connectivity index (χ0) is 15.4. The second-order valence-electron chi connectivity index (χ2n) is 4.73. The van der Waals surface area contributed by atoms with Crippen LogP contribution in [-0.4, -0.2) is 9.78 Å². The third-order valence-electron chi connectivity index (χ3n) is 3.30. The van der Waals surface area contributed by atoms with Crippen LogP contribution in [0.5, 0.6) is 0 Å². The van der Waals surface area contributed by atoms with Crippen molar-refractivity contribution in [2.75, 3.05) is 0 Å². The van der Waals surface area contributed by atoms with Crippen LogP contribution in [0, 0.1) is 5.82 Å². The Morgan fingerprint density at radius 3 is 2.71 bits per heavy atom. The van der Waals surface area contributed by atoms with E-state index in [1.54, 1.807) is 12.1 Å². The first-order valence-electron chi connectivity index (χ1n) is 6.95. The molecule has 0 aliphatic heterocycles. The highest BCUT2D eigenvalue weighted by atomic mass is 79.9. The molecule has 1 aromatic heterocycles. The molecule has 2 aromatic rings. The number of aryl methyl sites for hydroxylation is 2. The Morgan fingerprint density at radius 2 is 2.10 bits per heavy atom. The Hall–Kier alpha value is -0.910. The Labute approximate surface area is 137 Å².